The van der Waals surface area contributed by atoms with Gasteiger partial charge in [-0.25, -0.2) is 0 Å². The first-order valence-corrected chi connectivity index (χ1v) is 7.29. The molecule has 1 heterocycles. The molecular formula is C14H26N2O. The lowest BCUT2D eigenvalue weighted by Crippen LogP contribution is -2.30. The minimum atomic E-state index is 0.252. The molecule has 1 aliphatic heterocycles. The summed E-state index contributed by atoms with van der Waals surface area (Å²) in [6, 6.07) is 0. The molecular weight excluding hydrogens is 212 g/mol. The summed E-state index contributed by atoms with van der Waals surface area (Å²) in [4.78, 5) is 6.80. The smallest absolute Gasteiger partial charge is 0.0991 e. The molecule has 1 aliphatic carbocycles. The monoisotopic (exact) mass is 238 g/mol. The molecule has 0 aromatic carbocycles. The van der Waals surface area contributed by atoms with Crippen LogP contribution in [0.3, 0.4) is 0 Å². The van der Waals surface area contributed by atoms with Crippen LogP contribution in [0.5, 0.6) is 0 Å². The lowest BCUT2D eigenvalue weighted by molar-refractivity contribution is 0.254. The van der Waals surface area contributed by atoms with Gasteiger partial charge in [-0.1, -0.05) is 38.5 Å². The van der Waals surface area contributed by atoms with Crippen molar-refractivity contribution in [3.63, 3.8) is 0 Å². The van der Waals surface area contributed by atoms with Crippen LogP contribution in [-0.2, 0) is 0 Å². The minimum absolute atomic E-state index is 0.252. The molecule has 98 valence electrons. The van der Waals surface area contributed by atoms with Gasteiger partial charge in [0.1, 0.15) is 0 Å². The number of hydrogen-bond donors (Lipinski definition) is 1. The fourth-order valence-corrected chi connectivity index (χ4v) is 3.15. The highest BCUT2D eigenvalue weighted by molar-refractivity contribution is 5.83. The highest BCUT2D eigenvalue weighted by atomic mass is 16.3. The normalized spacial score (nSPS) is 21.9. The zero-order valence-corrected chi connectivity index (χ0v) is 10.9. The Morgan fingerprint density at radius 2 is 2.06 bits per heavy atom. The van der Waals surface area contributed by atoms with Crippen molar-refractivity contribution in [2.75, 3.05) is 26.2 Å². The van der Waals surface area contributed by atoms with Crippen LogP contribution in [-0.4, -0.2) is 42.1 Å². The molecule has 0 radical (unpaired) electrons. The van der Waals surface area contributed by atoms with Gasteiger partial charge in [-0.05, 0) is 12.3 Å². The van der Waals surface area contributed by atoms with Gasteiger partial charge in [0, 0.05) is 19.5 Å². The van der Waals surface area contributed by atoms with Gasteiger partial charge in [-0.15, -0.1) is 0 Å². The lowest BCUT2D eigenvalue weighted by atomic mass is 9.86. The van der Waals surface area contributed by atoms with Crippen LogP contribution >= 0.6 is 0 Å². The molecule has 0 atom stereocenters. The molecule has 3 heteroatoms. The molecule has 0 aromatic heterocycles. The van der Waals surface area contributed by atoms with Gasteiger partial charge in [0.25, 0.3) is 0 Å². The number of β-amino-alcohol motifs (C(OH)–C–C–N with tert-alkyl or cyclic N) is 1. The molecule has 0 amide bonds. The lowest BCUT2D eigenvalue weighted by Gasteiger charge is -2.22. The average molecular weight is 238 g/mol. The Morgan fingerprint density at radius 1 is 1.24 bits per heavy atom. The van der Waals surface area contributed by atoms with Crippen molar-refractivity contribution in [1.82, 2.24) is 4.90 Å². The minimum Gasteiger partial charge on any atom is -0.395 e. The van der Waals surface area contributed by atoms with Crippen LogP contribution in [0.4, 0.5) is 0 Å². The van der Waals surface area contributed by atoms with Crippen molar-refractivity contribution < 1.29 is 5.11 Å². The Bertz CT molecular complexity index is 247. The third-order valence-electron chi connectivity index (χ3n) is 4.14. The van der Waals surface area contributed by atoms with Crippen LogP contribution in [0.25, 0.3) is 0 Å². The Labute approximate surface area is 105 Å². The summed E-state index contributed by atoms with van der Waals surface area (Å²) in [6.45, 7) is 2.96. The fraction of sp³-hybridized carbons (Fsp3) is 0.929. The number of amidine groups is 1. The van der Waals surface area contributed by atoms with Gasteiger partial charge in [-0.2, -0.15) is 0 Å². The van der Waals surface area contributed by atoms with E-state index in [1.54, 1.807) is 0 Å². The van der Waals surface area contributed by atoms with Crippen molar-refractivity contribution in [2.24, 2.45) is 10.9 Å². The highest BCUT2D eigenvalue weighted by Gasteiger charge is 2.17. The molecule has 0 bridgehead atoms. The van der Waals surface area contributed by atoms with Gasteiger partial charge >= 0.3 is 0 Å². The highest BCUT2D eigenvalue weighted by Crippen LogP contribution is 2.28. The number of aliphatic imine (C=N–C) groups is 1. The van der Waals surface area contributed by atoms with E-state index in [1.165, 1.54) is 50.8 Å². The van der Waals surface area contributed by atoms with Crippen molar-refractivity contribution in [3.8, 4) is 0 Å². The van der Waals surface area contributed by atoms with Crippen LogP contribution in [0.1, 0.15) is 51.4 Å². The summed E-state index contributed by atoms with van der Waals surface area (Å²) < 4.78 is 0. The second-order valence-corrected chi connectivity index (χ2v) is 5.40. The standard InChI is InChI=1S/C14H26N2O/c17-12-11-16-10-9-15-14(16)8-4-7-13-5-2-1-3-6-13/h13,17H,1-12H2. The van der Waals surface area contributed by atoms with Crippen molar-refractivity contribution in [3.05, 3.63) is 0 Å². The van der Waals surface area contributed by atoms with E-state index in [9.17, 15) is 0 Å². The van der Waals surface area contributed by atoms with E-state index in [4.69, 9.17) is 5.11 Å². The molecule has 1 fully saturated rings. The first-order chi connectivity index (χ1) is 8.40. The molecule has 1 N–H and O–H groups in total. The molecule has 0 unspecified atom stereocenters. The average Bonchev–Trinajstić information content (AvgIpc) is 2.79. The second kappa shape index (κ2) is 7.00. The topological polar surface area (TPSA) is 35.8 Å². The van der Waals surface area contributed by atoms with Crippen molar-refractivity contribution in [2.45, 2.75) is 51.4 Å². The van der Waals surface area contributed by atoms with E-state index in [-0.39, 0.29) is 6.61 Å². The molecule has 1 saturated carbocycles. The second-order valence-electron chi connectivity index (χ2n) is 5.40. The maximum atomic E-state index is 8.98. The predicted octanol–water partition coefficient (Wildman–Crippen LogP) is 2.44. The zero-order chi connectivity index (χ0) is 11.9. The molecule has 0 spiro atoms. The summed E-state index contributed by atoms with van der Waals surface area (Å²) in [7, 11) is 0. The quantitative estimate of drug-likeness (QED) is 0.771. The third kappa shape index (κ3) is 3.98. The van der Waals surface area contributed by atoms with Crippen molar-refractivity contribution in [1.29, 1.82) is 0 Å². The Hall–Kier alpha value is -0.570. The van der Waals surface area contributed by atoms with Gasteiger partial charge < -0.3 is 10.0 Å². The van der Waals surface area contributed by atoms with Crippen molar-refractivity contribution >= 4 is 5.84 Å². The first kappa shape index (κ1) is 12.9. The fourth-order valence-electron chi connectivity index (χ4n) is 3.15. The number of aliphatic hydroxyl groups is 1. The van der Waals surface area contributed by atoms with Gasteiger partial charge in [0.05, 0.1) is 19.0 Å². The number of hydrogen-bond acceptors (Lipinski definition) is 3. The molecule has 0 aromatic rings. The van der Waals surface area contributed by atoms with E-state index in [0.29, 0.717) is 0 Å². The summed E-state index contributed by atoms with van der Waals surface area (Å²) in [5, 5.41) is 8.98. The van der Waals surface area contributed by atoms with Crippen LogP contribution < -0.4 is 0 Å². The first-order valence-electron chi connectivity index (χ1n) is 7.29. The van der Waals surface area contributed by atoms with E-state index in [1.807, 2.05) is 0 Å². The number of aliphatic hydroxyl groups excluding tert-OH is 1. The maximum absolute atomic E-state index is 8.98. The van der Waals surface area contributed by atoms with Gasteiger partial charge in [0.2, 0.25) is 0 Å². The van der Waals surface area contributed by atoms with E-state index < -0.39 is 0 Å². The summed E-state index contributed by atoms with van der Waals surface area (Å²) >= 11 is 0. The number of nitrogens with zero attached hydrogens (tertiary/aromatic N) is 2. The predicted molar refractivity (Wildman–Crippen MR) is 71.4 cm³/mol. The maximum Gasteiger partial charge on any atom is 0.0991 e. The van der Waals surface area contributed by atoms with Crippen LogP contribution in [0.2, 0.25) is 0 Å². The van der Waals surface area contributed by atoms with Gasteiger partial charge in [-0.3, -0.25) is 4.99 Å². The molecule has 2 aliphatic rings. The summed E-state index contributed by atoms with van der Waals surface area (Å²) in [5.74, 6) is 2.23. The van der Waals surface area contributed by atoms with E-state index >= 15 is 0 Å². The SMILES string of the molecule is OCCN1CCN=C1CCCC1CCCCC1. The summed E-state index contributed by atoms with van der Waals surface area (Å²) in [6.07, 6.45) is 11.0. The summed E-state index contributed by atoms with van der Waals surface area (Å²) in [5.41, 5.74) is 0. The molecule has 2 rings (SSSR count). The van der Waals surface area contributed by atoms with Crippen LogP contribution in [0, 0.1) is 5.92 Å². The Morgan fingerprint density at radius 3 is 2.82 bits per heavy atom. The third-order valence-corrected chi connectivity index (χ3v) is 4.14. The molecule has 17 heavy (non-hydrogen) atoms. The molecule has 3 nitrogen and oxygen atoms in total. The molecule has 0 saturated heterocycles. The largest absolute Gasteiger partial charge is 0.395 e. The number of rotatable bonds is 6. The van der Waals surface area contributed by atoms with E-state index in [0.717, 1.165) is 32.0 Å². The van der Waals surface area contributed by atoms with Crippen LogP contribution in [0.15, 0.2) is 4.99 Å². The zero-order valence-electron chi connectivity index (χ0n) is 10.9. The Balaban J connectivity index is 1.63. The van der Waals surface area contributed by atoms with E-state index in [2.05, 4.69) is 9.89 Å². The Kier molecular flexibility index (Phi) is 5.30. The van der Waals surface area contributed by atoms with Gasteiger partial charge in [0.15, 0.2) is 0 Å².